The van der Waals surface area contributed by atoms with Crippen molar-refractivity contribution in [1.82, 2.24) is 0 Å². The van der Waals surface area contributed by atoms with Crippen molar-refractivity contribution in [3.63, 3.8) is 0 Å². The molecule has 5 heteroatoms. The molecule has 1 aromatic heterocycles. The van der Waals surface area contributed by atoms with Crippen molar-refractivity contribution in [2.24, 2.45) is 0 Å². The van der Waals surface area contributed by atoms with E-state index in [1.165, 1.54) is 11.3 Å². The highest BCUT2D eigenvalue weighted by molar-refractivity contribution is 9.10. The van der Waals surface area contributed by atoms with Crippen molar-refractivity contribution < 1.29 is 9.90 Å². The Kier molecular flexibility index (Phi) is 3.56. The van der Waals surface area contributed by atoms with Gasteiger partial charge >= 0.3 is 5.97 Å². The molecule has 1 aromatic carbocycles. The summed E-state index contributed by atoms with van der Waals surface area (Å²) in [6.45, 7) is 1.87. The molecule has 0 bridgehead atoms. The third-order valence-electron chi connectivity index (χ3n) is 2.37. The minimum absolute atomic E-state index is 0.187. The summed E-state index contributed by atoms with van der Waals surface area (Å²) in [5.74, 6) is -0.991. The molecule has 0 spiro atoms. The molecular formula is C12H8BrClO2S. The highest BCUT2D eigenvalue weighted by Gasteiger charge is 2.21. The van der Waals surface area contributed by atoms with E-state index in [1.54, 1.807) is 0 Å². The molecule has 0 aliphatic carbocycles. The average molecular weight is 332 g/mol. The van der Waals surface area contributed by atoms with Crippen molar-refractivity contribution in [3.05, 3.63) is 43.5 Å². The molecule has 0 amide bonds. The summed E-state index contributed by atoms with van der Waals surface area (Å²) in [6.07, 6.45) is 0. The Morgan fingerprint density at radius 1 is 1.47 bits per heavy atom. The van der Waals surface area contributed by atoms with Crippen LogP contribution in [0.2, 0.25) is 4.34 Å². The van der Waals surface area contributed by atoms with Crippen LogP contribution >= 0.6 is 38.9 Å². The molecule has 1 heterocycles. The second kappa shape index (κ2) is 4.80. The Bertz CT molecular complexity index is 592. The van der Waals surface area contributed by atoms with Gasteiger partial charge in [-0.2, -0.15) is 0 Å². The van der Waals surface area contributed by atoms with Crippen molar-refractivity contribution in [2.75, 3.05) is 0 Å². The van der Waals surface area contributed by atoms with Gasteiger partial charge < -0.3 is 5.11 Å². The van der Waals surface area contributed by atoms with Gasteiger partial charge in [-0.25, -0.2) is 4.79 Å². The molecule has 17 heavy (non-hydrogen) atoms. The molecule has 0 atom stereocenters. The third kappa shape index (κ3) is 2.39. The summed E-state index contributed by atoms with van der Waals surface area (Å²) in [7, 11) is 0. The molecule has 0 aliphatic rings. The van der Waals surface area contributed by atoms with Crippen LogP contribution in [0.5, 0.6) is 0 Å². The number of carboxylic acid groups (broad SMARTS) is 1. The molecule has 0 saturated carbocycles. The van der Waals surface area contributed by atoms with Gasteiger partial charge in [0.25, 0.3) is 0 Å². The fourth-order valence-corrected chi connectivity index (χ4v) is 3.50. The van der Waals surface area contributed by atoms with E-state index in [1.807, 2.05) is 31.2 Å². The topological polar surface area (TPSA) is 37.3 Å². The van der Waals surface area contributed by atoms with E-state index >= 15 is 0 Å². The second-order valence-electron chi connectivity index (χ2n) is 3.50. The maximum Gasteiger partial charge on any atom is 0.338 e. The largest absolute Gasteiger partial charge is 0.478 e. The summed E-state index contributed by atoms with van der Waals surface area (Å²) in [5, 5.41) is 9.20. The zero-order chi connectivity index (χ0) is 12.6. The number of hydrogen-bond donors (Lipinski definition) is 1. The number of halogens is 2. The van der Waals surface area contributed by atoms with E-state index in [-0.39, 0.29) is 5.56 Å². The maximum atomic E-state index is 11.2. The molecule has 2 nitrogen and oxygen atoms in total. The Balaban J connectivity index is 2.70. The second-order valence-corrected chi connectivity index (χ2v) is 6.24. The first-order chi connectivity index (χ1) is 8.00. The van der Waals surface area contributed by atoms with Gasteiger partial charge in [-0.3, -0.25) is 0 Å². The summed E-state index contributed by atoms with van der Waals surface area (Å²) >= 11 is 10.6. The van der Waals surface area contributed by atoms with Crippen molar-refractivity contribution in [2.45, 2.75) is 6.92 Å². The van der Waals surface area contributed by atoms with Crippen LogP contribution in [-0.2, 0) is 0 Å². The van der Waals surface area contributed by atoms with Gasteiger partial charge in [-0.15, -0.1) is 11.3 Å². The lowest BCUT2D eigenvalue weighted by Gasteiger charge is -2.03. The smallest absolute Gasteiger partial charge is 0.338 e. The van der Waals surface area contributed by atoms with Crippen LogP contribution in [0, 0.1) is 6.92 Å². The Morgan fingerprint density at radius 3 is 2.76 bits per heavy atom. The van der Waals surface area contributed by atoms with Gasteiger partial charge in [-0.05, 0) is 24.6 Å². The predicted octanol–water partition coefficient (Wildman–Crippen LogP) is 4.84. The fraction of sp³-hybridized carbons (Fsp3) is 0.0833. The fourth-order valence-electron chi connectivity index (χ4n) is 1.69. The monoisotopic (exact) mass is 330 g/mol. The molecule has 2 rings (SSSR count). The number of hydrogen-bond acceptors (Lipinski definition) is 2. The molecule has 0 unspecified atom stereocenters. The lowest BCUT2D eigenvalue weighted by atomic mass is 10.0. The molecule has 0 fully saturated rings. The molecule has 88 valence electrons. The summed E-state index contributed by atoms with van der Waals surface area (Å²) < 4.78 is 1.23. The van der Waals surface area contributed by atoms with Gasteiger partial charge in [0.1, 0.15) is 4.34 Å². The van der Waals surface area contributed by atoms with Crippen molar-refractivity contribution in [3.8, 4) is 11.1 Å². The highest BCUT2D eigenvalue weighted by atomic mass is 79.9. The summed E-state index contributed by atoms with van der Waals surface area (Å²) in [5.41, 5.74) is 1.75. The SMILES string of the molecule is Cc1sc(Cl)c(C(=O)O)c1-c1cccc(Br)c1. The first kappa shape index (κ1) is 12.6. The van der Waals surface area contributed by atoms with Crippen LogP contribution in [0.25, 0.3) is 11.1 Å². The Hall–Kier alpha value is -0.840. The minimum Gasteiger partial charge on any atom is -0.478 e. The van der Waals surface area contributed by atoms with E-state index in [9.17, 15) is 9.90 Å². The van der Waals surface area contributed by atoms with Gasteiger partial charge in [-0.1, -0.05) is 39.7 Å². The molecule has 2 aromatic rings. The van der Waals surface area contributed by atoms with Crippen LogP contribution < -0.4 is 0 Å². The molecule has 1 N–H and O–H groups in total. The van der Waals surface area contributed by atoms with E-state index in [2.05, 4.69) is 15.9 Å². The van der Waals surface area contributed by atoms with Gasteiger partial charge in [0, 0.05) is 14.9 Å². The van der Waals surface area contributed by atoms with E-state index in [0.29, 0.717) is 9.90 Å². The molecule has 0 saturated heterocycles. The van der Waals surface area contributed by atoms with Crippen LogP contribution in [0.1, 0.15) is 15.2 Å². The van der Waals surface area contributed by atoms with E-state index in [4.69, 9.17) is 11.6 Å². The highest BCUT2D eigenvalue weighted by Crippen LogP contribution is 2.39. The Morgan fingerprint density at radius 2 is 2.18 bits per heavy atom. The quantitative estimate of drug-likeness (QED) is 0.855. The number of aryl methyl sites for hydroxylation is 1. The number of carboxylic acids is 1. The average Bonchev–Trinajstić information content (AvgIpc) is 2.53. The van der Waals surface area contributed by atoms with E-state index in [0.717, 1.165) is 14.9 Å². The van der Waals surface area contributed by atoms with Gasteiger partial charge in [0.2, 0.25) is 0 Å². The molecule has 0 aliphatic heterocycles. The number of carbonyl (C=O) groups is 1. The summed E-state index contributed by atoms with van der Waals surface area (Å²) in [4.78, 5) is 12.1. The van der Waals surface area contributed by atoms with Crippen LogP contribution in [0.4, 0.5) is 0 Å². The molecular weight excluding hydrogens is 324 g/mol. The van der Waals surface area contributed by atoms with E-state index < -0.39 is 5.97 Å². The Labute approximate surface area is 116 Å². The van der Waals surface area contributed by atoms with Crippen LogP contribution in [-0.4, -0.2) is 11.1 Å². The normalized spacial score (nSPS) is 10.5. The van der Waals surface area contributed by atoms with Crippen LogP contribution in [0.3, 0.4) is 0 Å². The molecule has 0 radical (unpaired) electrons. The predicted molar refractivity (Wildman–Crippen MR) is 74.2 cm³/mol. The van der Waals surface area contributed by atoms with Gasteiger partial charge in [0.15, 0.2) is 0 Å². The standard InChI is InChI=1S/C12H8BrClO2S/c1-6-9(7-3-2-4-8(13)5-7)10(12(15)16)11(14)17-6/h2-5H,1H3,(H,15,16). The minimum atomic E-state index is -0.991. The summed E-state index contributed by atoms with van der Waals surface area (Å²) in [6, 6.07) is 7.53. The van der Waals surface area contributed by atoms with Gasteiger partial charge in [0.05, 0.1) is 5.56 Å². The number of rotatable bonds is 2. The maximum absolute atomic E-state index is 11.2. The van der Waals surface area contributed by atoms with Crippen molar-refractivity contribution in [1.29, 1.82) is 0 Å². The number of thiophene rings is 1. The van der Waals surface area contributed by atoms with Crippen molar-refractivity contribution >= 4 is 44.8 Å². The number of aromatic carboxylic acids is 1. The first-order valence-corrected chi connectivity index (χ1v) is 6.77. The zero-order valence-electron chi connectivity index (χ0n) is 8.83. The zero-order valence-corrected chi connectivity index (χ0v) is 12.0. The number of benzene rings is 1. The lowest BCUT2D eigenvalue weighted by Crippen LogP contribution is -1.97. The third-order valence-corrected chi connectivity index (χ3v) is 4.18. The first-order valence-electron chi connectivity index (χ1n) is 4.79. The lowest BCUT2D eigenvalue weighted by molar-refractivity contribution is 0.0698. The van der Waals surface area contributed by atoms with Crippen LogP contribution in [0.15, 0.2) is 28.7 Å².